The fourth-order valence-corrected chi connectivity index (χ4v) is 3.45. The van der Waals surface area contributed by atoms with Gasteiger partial charge in [0.2, 0.25) is 0 Å². The van der Waals surface area contributed by atoms with Gasteiger partial charge in [-0.3, -0.25) is 9.36 Å². The zero-order chi connectivity index (χ0) is 22.7. The lowest BCUT2D eigenvalue weighted by molar-refractivity contribution is 0.371. The van der Waals surface area contributed by atoms with Crippen LogP contribution in [0.2, 0.25) is 0 Å². The Morgan fingerprint density at radius 3 is 2.62 bits per heavy atom. The third-order valence-electron chi connectivity index (χ3n) is 4.82. The molecular weight excluding hydrogens is 409 g/mol. The van der Waals surface area contributed by atoms with Crippen LogP contribution in [0.25, 0.3) is 28.0 Å². The molecule has 0 saturated carbocycles. The standard InChI is InChI=1S/C25H20FN3O3/c1-4-10-16(5-2)27-20-15-18(30)21-22(19-13-9-14-32-19)23(26)25(31-3)28-24(21)29(20)17-11-7-6-8-12-17/h4-15,27H,1-2H2,3H3/b16-10+. The van der Waals surface area contributed by atoms with Crippen molar-refractivity contribution >= 4 is 16.9 Å². The Morgan fingerprint density at radius 1 is 1.22 bits per heavy atom. The minimum atomic E-state index is -0.772. The van der Waals surface area contributed by atoms with Gasteiger partial charge < -0.3 is 14.5 Å². The van der Waals surface area contributed by atoms with Gasteiger partial charge in [0.25, 0.3) is 5.88 Å². The van der Waals surface area contributed by atoms with Crippen LogP contribution in [0.3, 0.4) is 0 Å². The highest BCUT2D eigenvalue weighted by Gasteiger charge is 2.25. The van der Waals surface area contributed by atoms with Crippen LogP contribution in [0.15, 0.2) is 101 Å². The van der Waals surface area contributed by atoms with Crippen LogP contribution in [0.4, 0.5) is 10.2 Å². The topological polar surface area (TPSA) is 69.3 Å². The number of benzene rings is 1. The number of halogens is 1. The van der Waals surface area contributed by atoms with E-state index in [-0.39, 0.29) is 28.2 Å². The molecule has 4 aromatic rings. The number of nitrogens with one attached hydrogen (secondary N) is 1. The number of aromatic nitrogens is 2. The zero-order valence-corrected chi connectivity index (χ0v) is 17.3. The third kappa shape index (κ3) is 3.60. The first kappa shape index (κ1) is 20.9. The van der Waals surface area contributed by atoms with Crippen molar-refractivity contribution in [3.63, 3.8) is 0 Å². The van der Waals surface area contributed by atoms with Gasteiger partial charge in [0, 0.05) is 17.5 Å². The molecule has 0 aliphatic rings. The summed E-state index contributed by atoms with van der Waals surface area (Å²) in [4.78, 5) is 17.6. The summed E-state index contributed by atoms with van der Waals surface area (Å²) in [5.74, 6) is -0.418. The highest BCUT2D eigenvalue weighted by Crippen LogP contribution is 2.35. The number of furan rings is 1. The summed E-state index contributed by atoms with van der Waals surface area (Å²) >= 11 is 0. The lowest BCUT2D eigenvalue weighted by atomic mass is 10.1. The second-order valence-corrected chi connectivity index (χ2v) is 6.74. The summed E-state index contributed by atoms with van der Waals surface area (Å²) in [6.07, 6.45) is 6.32. The Bertz CT molecular complexity index is 1390. The number of methoxy groups -OCH3 is 1. The lowest BCUT2D eigenvalue weighted by Crippen LogP contribution is -2.16. The molecule has 0 unspecified atom stereocenters. The Hall–Kier alpha value is -4.39. The predicted molar refractivity (Wildman–Crippen MR) is 124 cm³/mol. The molecule has 0 aliphatic carbocycles. The lowest BCUT2D eigenvalue weighted by Gasteiger charge is -2.19. The summed E-state index contributed by atoms with van der Waals surface area (Å²) < 4.78 is 27.6. The van der Waals surface area contributed by atoms with Crippen molar-refractivity contribution in [1.82, 2.24) is 9.55 Å². The highest BCUT2D eigenvalue weighted by molar-refractivity contribution is 5.94. The molecule has 0 fully saturated rings. The maximum atomic E-state index is 15.3. The molecule has 0 aliphatic heterocycles. The Morgan fingerprint density at radius 2 is 2.00 bits per heavy atom. The minimum Gasteiger partial charge on any atom is -0.479 e. The Kier molecular flexibility index (Phi) is 5.72. The van der Waals surface area contributed by atoms with E-state index in [4.69, 9.17) is 9.15 Å². The molecular formula is C25H20FN3O3. The molecule has 0 bridgehead atoms. The van der Waals surface area contributed by atoms with Crippen molar-refractivity contribution in [2.75, 3.05) is 12.4 Å². The SMILES string of the molecule is C=C/C=C(\C=C)Nc1cc(=O)c2c(-c3ccco3)c(F)c(OC)nc2n1-c1ccccc1. The summed E-state index contributed by atoms with van der Waals surface area (Å²) in [5, 5.41) is 3.24. The van der Waals surface area contributed by atoms with Crippen LogP contribution >= 0.6 is 0 Å². The summed E-state index contributed by atoms with van der Waals surface area (Å²) in [5.41, 5.74) is 1.08. The first-order valence-corrected chi connectivity index (χ1v) is 9.73. The average Bonchev–Trinajstić information content (AvgIpc) is 3.34. The van der Waals surface area contributed by atoms with Gasteiger partial charge in [-0.2, -0.15) is 4.98 Å². The number of nitrogens with zero attached hydrogens (tertiary/aromatic N) is 2. The maximum absolute atomic E-state index is 15.3. The van der Waals surface area contributed by atoms with Crippen molar-refractivity contribution in [2.24, 2.45) is 0 Å². The molecule has 6 nitrogen and oxygen atoms in total. The largest absolute Gasteiger partial charge is 0.479 e. The number of allylic oxidation sites excluding steroid dienone is 3. The monoisotopic (exact) mass is 429 g/mol. The van der Waals surface area contributed by atoms with Gasteiger partial charge >= 0.3 is 0 Å². The summed E-state index contributed by atoms with van der Waals surface area (Å²) in [6, 6.07) is 13.9. The maximum Gasteiger partial charge on any atom is 0.252 e. The van der Waals surface area contributed by atoms with E-state index >= 15 is 4.39 Å². The molecule has 3 heterocycles. The number of para-hydroxylation sites is 1. The smallest absolute Gasteiger partial charge is 0.252 e. The van der Waals surface area contributed by atoms with Gasteiger partial charge in [0.1, 0.15) is 11.6 Å². The first-order chi connectivity index (χ1) is 15.6. The molecule has 0 saturated heterocycles. The number of anilines is 1. The molecule has 3 aromatic heterocycles. The van der Waals surface area contributed by atoms with Gasteiger partial charge in [-0.15, -0.1) is 0 Å². The van der Waals surface area contributed by atoms with Crippen LogP contribution in [0, 0.1) is 5.82 Å². The number of fused-ring (bicyclic) bond motifs is 1. The molecule has 7 heteroatoms. The third-order valence-corrected chi connectivity index (χ3v) is 4.82. The van der Waals surface area contributed by atoms with E-state index < -0.39 is 11.2 Å². The number of ether oxygens (including phenoxy) is 1. The highest BCUT2D eigenvalue weighted by atomic mass is 19.1. The second-order valence-electron chi connectivity index (χ2n) is 6.74. The fraction of sp³-hybridized carbons (Fsp3) is 0.0400. The van der Waals surface area contributed by atoms with E-state index in [9.17, 15) is 4.79 Å². The molecule has 0 spiro atoms. The predicted octanol–water partition coefficient (Wildman–Crippen LogP) is 5.46. The van der Waals surface area contributed by atoms with Crippen LogP contribution in [0.1, 0.15) is 0 Å². The van der Waals surface area contributed by atoms with Crippen molar-refractivity contribution in [1.29, 1.82) is 0 Å². The van der Waals surface area contributed by atoms with Crippen LogP contribution in [-0.2, 0) is 0 Å². The van der Waals surface area contributed by atoms with Gasteiger partial charge in [0.05, 0.1) is 24.3 Å². The number of hydrogen-bond acceptors (Lipinski definition) is 5. The number of rotatable bonds is 7. The van der Waals surface area contributed by atoms with Crippen molar-refractivity contribution in [2.45, 2.75) is 0 Å². The van der Waals surface area contributed by atoms with E-state index in [1.165, 1.54) is 19.4 Å². The fourth-order valence-electron chi connectivity index (χ4n) is 3.45. The normalized spacial score (nSPS) is 11.4. The van der Waals surface area contributed by atoms with Crippen molar-refractivity contribution < 1.29 is 13.5 Å². The van der Waals surface area contributed by atoms with E-state index in [1.807, 2.05) is 30.3 Å². The molecule has 160 valence electrons. The Balaban J connectivity index is 2.17. The zero-order valence-electron chi connectivity index (χ0n) is 17.3. The quantitative estimate of drug-likeness (QED) is 0.395. The number of hydrogen-bond donors (Lipinski definition) is 1. The summed E-state index contributed by atoms with van der Waals surface area (Å²) in [6.45, 7) is 7.48. The Labute approximate surface area is 183 Å². The first-order valence-electron chi connectivity index (χ1n) is 9.73. The van der Waals surface area contributed by atoms with Gasteiger partial charge in [-0.25, -0.2) is 4.39 Å². The number of pyridine rings is 2. The molecule has 1 N–H and O–H groups in total. The van der Waals surface area contributed by atoms with E-state index in [0.717, 1.165) is 0 Å². The molecule has 0 atom stereocenters. The van der Waals surface area contributed by atoms with Crippen LogP contribution in [0.5, 0.6) is 5.88 Å². The molecule has 4 rings (SSSR count). The van der Waals surface area contributed by atoms with E-state index in [0.29, 0.717) is 17.2 Å². The van der Waals surface area contributed by atoms with Gasteiger partial charge in [-0.1, -0.05) is 37.4 Å². The van der Waals surface area contributed by atoms with Gasteiger partial charge in [0.15, 0.2) is 16.9 Å². The second kappa shape index (κ2) is 8.77. The van der Waals surface area contributed by atoms with Crippen molar-refractivity contribution in [3.8, 4) is 22.9 Å². The molecule has 32 heavy (non-hydrogen) atoms. The molecule has 0 amide bonds. The van der Waals surface area contributed by atoms with Gasteiger partial charge in [-0.05, 0) is 36.4 Å². The minimum absolute atomic E-state index is 0.0105. The molecule has 0 radical (unpaired) electrons. The van der Waals surface area contributed by atoms with Crippen LogP contribution in [-0.4, -0.2) is 16.7 Å². The van der Waals surface area contributed by atoms with Crippen molar-refractivity contribution in [3.05, 3.63) is 108 Å². The summed E-state index contributed by atoms with van der Waals surface area (Å²) in [7, 11) is 1.32. The van der Waals surface area contributed by atoms with E-state index in [2.05, 4.69) is 23.5 Å². The van der Waals surface area contributed by atoms with Crippen LogP contribution < -0.4 is 15.5 Å². The molecule has 1 aromatic carbocycles. The average molecular weight is 429 g/mol. The van der Waals surface area contributed by atoms with E-state index in [1.54, 1.807) is 34.9 Å².